The SMILES string of the molecule is c1cc(-c2ccc3c4ccccc4c4ccccc4c3c2)cc(-c2nccc3c2sc2ccccc23)c1.c1ccc(-c2nc(-n3c4ccccc4c4cc(-n5c6ccccc6c6ccccc65)ccc43)cc3c2sc2ccc(-c4cccc(-c5ccc6c7ccccc7c7ccccc7c6c5)c4)cc23)cc1.c1ccc2c(c1)sc1c(-c3ccc4c5ccccc5c5ccccc5c4c3)nccc12. The Hall–Kier alpha value is -17.1. The number of para-hydroxylation sites is 3. The summed E-state index contributed by atoms with van der Waals surface area (Å²) in [6.45, 7) is 0. The van der Waals surface area contributed by atoms with Gasteiger partial charge in [-0.3, -0.25) is 14.5 Å². The molecule has 5 nitrogen and oxygen atoms in total. The highest BCUT2D eigenvalue weighted by molar-refractivity contribution is 7.27. The van der Waals surface area contributed by atoms with Gasteiger partial charge < -0.3 is 4.57 Å². The molecule has 0 saturated heterocycles. The quantitative estimate of drug-likeness (QED) is 0.142. The van der Waals surface area contributed by atoms with Crippen LogP contribution in [0, 0.1) is 0 Å². The van der Waals surface area contributed by atoms with Crippen LogP contribution in [0.5, 0.6) is 0 Å². The van der Waals surface area contributed by atoms with Crippen LogP contribution in [-0.4, -0.2) is 24.1 Å². The number of pyridine rings is 3. The lowest BCUT2D eigenvalue weighted by molar-refractivity contribution is 1.09. The van der Waals surface area contributed by atoms with Crippen molar-refractivity contribution in [3.05, 3.63) is 467 Å². The first-order valence-corrected chi connectivity index (χ1v) is 49.1. The van der Waals surface area contributed by atoms with Crippen molar-refractivity contribution >= 4 is 235 Å². The van der Waals surface area contributed by atoms with E-state index >= 15 is 0 Å². The molecule has 636 valence electrons. The smallest absolute Gasteiger partial charge is 0.139 e. The minimum atomic E-state index is 0.904. The Morgan fingerprint density at radius 3 is 0.905 bits per heavy atom. The first-order chi connectivity index (χ1) is 67.9. The predicted octanol–water partition coefficient (Wildman–Crippen LogP) is 36.9. The van der Waals surface area contributed by atoms with E-state index in [9.17, 15) is 0 Å². The lowest BCUT2D eigenvalue weighted by atomic mass is 9.91. The molecule has 8 heterocycles. The van der Waals surface area contributed by atoms with Crippen LogP contribution in [0.2, 0.25) is 0 Å². The third-order valence-corrected chi connectivity index (χ3v) is 31.9. The van der Waals surface area contributed by atoms with E-state index in [0.29, 0.717) is 0 Å². The van der Waals surface area contributed by atoms with Crippen LogP contribution in [0.15, 0.2) is 467 Å². The van der Waals surface area contributed by atoms with Crippen LogP contribution in [0.3, 0.4) is 0 Å². The molecule has 30 rings (SSSR count). The molecule has 8 aromatic heterocycles. The third kappa shape index (κ3) is 12.8. The van der Waals surface area contributed by atoms with Crippen molar-refractivity contribution in [2.24, 2.45) is 0 Å². The minimum Gasteiger partial charge on any atom is -0.309 e. The maximum Gasteiger partial charge on any atom is 0.139 e. The molecule has 30 aromatic rings. The zero-order valence-electron chi connectivity index (χ0n) is 73.9. The summed E-state index contributed by atoms with van der Waals surface area (Å²) in [5.41, 5.74) is 19.6. The normalized spacial score (nSPS) is 11.9. The Bertz CT molecular complexity index is 10100. The summed E-state index contributed by atoms with van der Waals surface area (Å²) in [7, 11) is 0. The average Bonchev–Trinajstić information content (AvgIpc) is 1.28. The molecule has 0 aliphatic rings. The fourth-order valence-corrected chi connectivity index (χ4v) is 25.7. The third-order valence-electron chi connectivity index (χ3n) is 28.3. The predicted molar refractivity (Wildman–Crippen MR) is 590 cm³/mol. The molecule has 0 aliphatic carbocycles. The van der Waals surface area contributed by atoms with E-state index in [-0.39, 0.29) is 0 Å². The number of aromatic nitrogens is 5. The lowest BCUT2D eigenvalue weighted by Gasteiger charge is -2.13. The van der Waals surface area contributed by atoms with Crippen molar-refractivity contribution in [1.82, 2.24) is 24.1 Å². The Morgan fingerprint density at radius 2 is 0.453 bits per heavy atom. The number of hydrogen-bond acceptors (Lipinski definition) is 6. The highest BCUT2D eigenvalue weighted by Gasteiger charge is 2.24. The molecule has 0 saturated carbocycles. The first kappa shape index (κ1) is 78.5. The fraction of sp³-hybridized carbons (Fsp3) is 0. The van der Waals surface area contributed by atoms with E-state index in [2.05, 4.69) is 464 Å². The van der Waals surface area contributed by atoms with Crippen LogP contribution >= 0.6 is 34.0 Å². The Labute approximate surface area is 798 Å². The van der Waals surface area contributed by atoms with Gasteiger partial charge in [0.1, 0.15) is 5.82 Å². The van der Waals surface area contributed by atoms with Gasteiger partial charge in [-0.25, -0.2) is 4.98 Å². The highest BCUT2D eigenvalue weighted by atomic mass is 32.1. The maximum atomic E-state index is 5.61. The Morgan fingerprint density at radius 1 is 0.153 bits per heavy atom. The standard InChI is InChI=1S/C65H39N3S.C35H21NS.C29H17NS/c1-2-15-40(16-3-1)64-65-57(39-63(66-64)68-60-28-13-10-25-53(60)55-38-45(31-33-61(55)68)67-58-26-11-8-23-51(58)52-24-9-12-27-59(52)67)56-37-44(30-34-62(56)69-65)42-18-14-17-41(35-42)43-29-32-50-48-21-5-4-19-46(48)47-20-6-7-22-49(47)54(50)36-43;1-2-12-27-25(10-1)26-11-3-4-13-28(26)32-21-23(16-17-29(27)32)22-8-7-9-24(20-22)34-35-31(18-19-36-34)30-14-5-6-15-33(30)37-35;1-2-9-21-19(7-1)20-8-3-4-10-22(20)26-17-18(13-14-23(21)26)28-29-25(15-16-30-28)24-11-5-6-12-27(24)31-29/h1-39H;1-21H;1-17H. The maximum absolute atomic E-state index is 5.61. The molecule has 22 aromatic carbocycles. The Kier molecular flexibility index (Phi) is 18.2. The van der Waals surface area contributed by atoms with Crippen LogP contribution in [0.4, 0.5) is 0 Å². The molecule has 0 radical (unpaired) electrons. The van der Waals surface area contributed by atoms with E-state index in [4.69, 9.17) is 15.0 Å². The lowest BCUT2D eigenvalue weighted by Crippen LogP contribution is -1.99. The fourth-order valence-electron chi connectivity index (χ4n) is 22.1. The van der Waals surface area contributed by atoms with Gasteiger partial charge >= 0.3 is 0 Å². The van der Waals surface area contributed by atoms with Crippen molar-refractivity contribution in [2.75, 3.05) is 0 Å². The molecule has 0 N–H and O–H groups in total. The molecule has 0 amide bonds. The van der Waals surface area contributed by atoms with Crippen molar-refractivity contribution < 1.29 is 0 Å². The molecule has 0 spiro atoms. The summed E-state index contributed by atoms with van der Waals surface area (Å²) < 4.78 is 12.3. The monoisotopic (exact) mass is 1790 g/mol. The molecule has 0 fully saturated rings. The summed E-state index contributed by atoms with van der Waals surface area (Å²) in [6.07, 6.45) is 3.89. The molecule has 137 heavy (non-hydrogen) atoms. The van der Waals surface area contributed by atoms with E-state index in [1.165, 1.54) is 229 Å². The van der Waals surface area contributed by atoms with Gasteiger partial charge in [0.2, 0.25) is 0 Å². The number of benzene rings is 22. The number of thiophene rings is 3. The summed E-state index contributed by atoms with van der Waals surface area (Å²) in [5, 5.41) is 35.8. The van der Waals surface area contributed by atoms with E-state index < -0.39 is 0 Å². The zero-order chi connectivity index (χ0) is 89.9. The number of fused-ring (bicyclic) bond motifs is 33. The van der Waals surface area contributed by atoms with Crippen LogP contribution < -0.4 is 0 Å². The summed E-state index contributed by atoms with van der Waals surface area (Å²) in [6, 6.07) is 166. The second-order valence-electron chi connectivity index (χ2n) is 35.8. The van der Waals surface area contributed by atoms with Crippen molar-refractivity contribution in [2.45, 2.75) is 0 Å². The molecule has 0 aliphatic heterocycles. The van der Waals surface area contributed by atoms with Crippen molar-refractivity contribution in [1.29, 1.82) is 0 Å². The van der Waals surface area contributed by atoms with Gasteiger partial charge in [-0.15, -0.1) is 34.0 Å². The van der Waals surface area contributed by atoms with Gasteiger partial charge in [0.15, 0.2) is 0 Å². The van der Waals surface area contributed by atoms with Crippen LogP contribution in [-0.2, 0) is 0 Å². The van der Waals surface area contributed by atoms with Gasteiger partial charge in [-0.1, -0.05) is 346 Å². The molecule has 8 heteroatoms. The largest absolute Gasteiger partial charge is 0.309 e. The van der Waals surface area contributed by atoms with Gasteiger partial charge in [-0.2, -0.15) is 0 Å². The summed E-state index contributed by atoms with van der Waals surface area (Å²) in [4.78, 5) is 15.3. The van der Waals surface area contributed by atoms with Crippen LogP contribution in [0.1, 0.15) is 0 Å². The minimum absolute atomic E-state index is 0.904. The van der Waals surface area contributed by atoms with E-state index in [0.717, 1.165) is 50.7 Å². The zero-order valence-corrected chi connectivity index (χ0v) is 76.4. The van der Waals surface area contributed by atoms with Gasteiger partial charge in [0.25, 0.3) is 0 Å². The summed E-state index contributed by atoms with van der Waals surface area (Å²) >= 11 is 5.49. The highest BCUT2D eigenvalue weighted by Crippen LogP contribution is 2.49. The van der Waals surface area contributed by atoms with Gasteiger partial charge in [-0.05, 0) is 240 Å². The number of hydrogen-bond donors (Lipinski definition) is 0. The topological polar surface area (TPSA) is 48.5 Å². The summed E-state index contributed by atoms with van der Waals surface area (Å²) in [5.74, 6) is 0.904. The Balaban J connectivity index is 0.000000114. The van der Waals surface area contributed by atoms with E-state index in [1.54, 1.807) is 0 Å². The second kappa shape index (κ2) is 31.8. The van der Waals surface area contributed by atoms with Gasteiger partial charge in [0, 0.05) is 103 Å². The van der Waals surface area contributed by atoms with Gasteiger partial charge in [0.05, 0.1) is 53.2 Å². The molecule has 0 unspecified atom stereocenters. The van der Waals surface area contributed by atoms with Crippen molar-refractivity contribution in [3.8, 4) is 78.7 Å². The van der Waals surface area contributed by atoms with Crippen LogP contribution in [0.25, 0.3) is 280 Å². The second-order valence-corrected chi connectivity index (χ2v) is 39.0. The number of nitrogens with zero attached hydrogens (tertiary/aromatic N) is 5. The van der Waals surface area contributed by atoms with E-state index in [1.807, 2.05) is 46.4 Å². The van der Waals surface area contributed by atoms with Crippen molar-refractivity contribution in [3.63, 3.8) is 0 Å². The average molecular weight is 1790 g/mol. The molecular weight excluding hydrogens is 1720 g/mol. The number of rotatable bonds is 8. The molecular formula is C129H77N5S3. The molecule has 0 bridgehead atoms. The molecule has 0 atom stereocenters. The first-order valence-electron chi connectivity index (χ1n) is 46.6.